The predicted molar refractivity (Wildman–Crippen MR) is 87.1 cm³/mol. The van der Waals surface area contributed by atoms with Gasteiger partial charge in [0.05, 0.1) is 10.9 Å². The lowest BCUT2D eigenvalue weighted by atomic mass is 10.0. The number of fused-ring (bicyclic) bond motifs is 3. The standard InChI is InChI=1S/C19H12O3/c20-16-8-4-3-7-14(16)15-11-22-17-10-9-12-5-1-2-6-13(12)18(17)19(15)21/h1-11,20H. The van der Waals surface area contributed by atoms with E-state index in [1.54, 1.807) is 30.3 Å². The van der Waals surface area contributed by atoms with Crippen LogP contribution < -0.4 is 5.43 Å². The molecule has 1 aromatic heterocycles. The van der Waals surface area contributed by atoms with Crippen LogP contribution >= 0.6 is 0 Å². The number of hydrogen-bond acceptors (Lipinski definition) is 3. The summed E-state index contributed by atoms with van der Waals surface area (Å²) in [6, 6.07) is 18.2. The maximum absolute atomic E-state index is 12.9. The summed E-state index contributed by atoms with van der Waals surface area (Å²) in [7, 11) is 0. The van der Waals surface area contributed by atoms with Gasteiger partial charge in [0, 0.05) is 5.56 Å². The van der Waals surface area contributed by atoms with Crippen molar-refractivity contribution in [2.24, 2.45) is 0 Å². The van der Waals surface area contributed by atoms with Gasteiger partial charge in [-0.2, -0.15) is 0 Å². The molecule has 0 atom stereocenters. The topological polar surface area (TPSA) is 50.4 Å². The third kappa shape index (κ3) is 1.79. The summed E-state index contributed by atoms with van der Waals surface area (Å²) in [5.41, 5.74) is 1.25. The molecule has 0 aliphatic carbocycles. The summed E-state index contributed by atoms with van der Waals surface area (Å²) in [6.45, 7) is 0. The van der Waals surface area contributed by atoms with Crippen LogP contribution in [0, 0.1) is 0 Å². The third-order valence-corrected chi connectivity index (χ3v) is 3.86. The summed E-state index contributed by atoms with van der Waals surface area (Å²) in [4.78, 5) is 12.9. The van der Waals surface area contributed by atoms with Gasteiger partial charge in [-0.05, 0) is 22.9 Å². The molecule has 0 unspecified atom stereocenters. The number of aromatic hydroxyl groups is 1. The summed E-state index contributed by atoms with van der Waals surface area (Å²) in [5, 5.41) is 12.4. The summed E-state index contributed by atoms with van der Waals surface area (Å²) in [6.07, 6.45) is 1.41. The van der Waals surface area contributed by atoms with Gasteiger partial charge < -0.3 is 9.52 Å². The molecule has 0 aliphatic rings. The van der Waals surface area contributed by atoms with Gasteiger partial charge in [-0.3, -0.25) is 4.79 Å². The van der Waals surface area contributed by atoms with Crippen LogP contribution in [0.25, 0.3) is 32.9 Å². The molecular formula is C19H12O3. The minimum absolute atomic E-state index is 0.0642. The molecule has 4 rings (SSSR count). The zero-order valence-electron chi connectivity index (χ0n) is 11.6. The SMILES string of the molecule is O=c1c(-c2ccccc2O)coc2ccc3ccccc3c12. The first kappa shape index (κ1) is 12.7. The van der Waals surface area contributed by atoms with E-state index >= 15 is 0 Å². The van der Waals surface area contributed by atoms with Crippen LogP contribution in [-0.4, -0.2) is 5.11 Å². The molecule has 0 fully saturated rings. The lowest BCUT2D eigenvalue weighted by Gasteiger charge is -2.06. The van der Waals surface area contributed by atoms with Crippen LogP contribution in [0.15, 0.2) is 76.1 Å². The minimum atomic E-state index is -0.139. The number of benzene rings is 3. The first-order chi connectivity index (χ1) is 10.8. The Morgan fingerprint density at radius 3 is 2.45 bits per heavy atom. The second kappa shape index (κ2) is 4.74. The smallest absolute Gasteiger partial charge is 0.201 e. The van der Waals surface area contributed by atoms with E-state index in [1.807, 2.05) is 30.3 Å². The first-order valence-electron chi connectivity index (χ1n) is 6.97. The van der Waals surface area contributed by atoms with E-state index in [9.17, 15) is 9.90 Å². The molecule has 0 saturated heterocycles. The monoisotopic (exact) mass is 288 g/mol. The van der Waals surface area contributed by atoms with Crippen molar-refractivity contribution < 1.29 is 9.52 Å². The lowest BCUT2D eigenvalue weighted by molar-refractivity contribution is 0.477. The summed E-state index contributed by atoms with van der Waals surface area (Å²) in [5.74, 6) is 0.0642. The average Bonchev–Trinajstić information content (AvgIpc) is 2.56. The molecule has 1 heterocycles. The van der Waals surface area contributed by atoms with Crippen molar-refractivity contribution in [3.63, 3.8) is 0 Å². The van der Waals surface area contributed by atoms with Crippen LogP contribution in [0.4, 0.5) is 0 Å². The van der Waals surface area contributed by atoms with E-state index < -0.39 is 0 Å². The molecule has 22 heavy (non-hydrogen) atoms. The second-order valence-electron chi connectivity index (χ2n) is 5.16. The molecule has 0 bridgehead atoms. The van der Waals surface area contributed by atoms with E-state index in [2.05, 4.69) is 0 Å². The zero-order chi connectivity index (χ0) is 15.1. The highest BCUT2D eigenvalue weighted by Crippen LogP contribution is 2.29. The molecule has 0 spiro atoms. The molecule has 3 aromatic carbocycles. The van der Waals surface area contributed by atoms with Crippen LogP contribution in [0.5, 0.6) is 5.75 Å². The van der Waals surface area contributed by atoms with Gasteiger partial charge in [-0.25, -0.2) is 0 Å². The number of hydrogen-bond donors (Lipinski definition) is 1. The Hall–Kier alpha value is -3.07. The van der Waals surface area contributed by atoms with Crippen LogP contribution in [0.1, 0.15) is 0 Å². The van der Waals surface area contributed by atoms with Gasteiger partial charge in [0.2, 0.25) is 5.43 Å². The first-order valence-corrected chi connectivity index (χ1v) is 6.97. The van der Waals surface area contributed by atoms with E-state index in [0.717, 1.165) is 10.8 Å². The fraction of sp³-hybridized carbons (Fsp3) is 0. The molecule has 3 nitrogen and oxygen atoms in total. The maximum Gasteiger partial charge on any atom is 0.201 e. The molecule has 0 radical (unpaired) electrons. The summed E-state index contributed by atoms with van der Waals surface area (Å²) >= 11 is 0. The van der Waals surface area contributed by atoms with Crippen molar-refractivity contribution >= 4 is 21.7 Å². The minimum Gasteiger partial charge on any atom is -0.507 e. The molecule has 0 amide bonds. The van der Waals surface area contributed by atoms with Gasteiger partial charge in [-0.15, -0.1) is 0 Å². The van der Waals surface area contributed by atoms with Gasteiger partial charge in [-0.1, -0.05) is 48.5 Å². The quantitative estimate of drug-likeness (QED) is 0.531. The Kier molecular flexibility index (Phi) is 2.73. The fourth-order valence-corrected chi connectivity index (χ4v) is 2.78. The van der Waals surface area contributed by atoms with E-state index in [4.69, 9.17) is 4.42 Å². The van der Waals surface area contributed by atoms with Gasteiger partial charge in [0.1, 0.15) is 17.6 Å². The van der Waals surface area contributed by atoms with Gasteiger partial charge >= 0.3 is 0 Å². The van der Waals surface area contributed by atoms with Crippen molar-refractivity contribution in [2.45, 2.75) is 0 Å². The molecule has 0 aliphatic heterocycles. The average molecular weight is 288 g/mol. The van der Waals surface area contributed by atoms with Crippen LogP contribution in [0.2, 0.25) is 0 Å². The molecule has 1 N–H and O–H groups in total. The Bertz CT molecular complexity index is 1060. The second-order valence-corrected chi connectivity index (χ2v) is 5.16. The molecule has 106 valence electrons. The number of rotatable bonds is 1. The van der Waals surface area contributed by atoms with E-state index in [0.29, 0.717) is 22.1 Å². The Morgan fingerprint density at radius 2 is 1.59 bits per heavy atom. The lowest BCUT2D eigenvalue weighted by Crippen LogP contribution is -2.05. The van der Waals surface area contributed by atoms with Crippen LogP contribution in [-0.2, 0) is 0 Å². The predicted octanol–water partition coefficient (Wildman–Crippen LogP) is 4.32. The highest BCUT2D eigenvalue weighted by molar-refractivity contribution is 6.06. The summed E-state index contributed by atoms with van der Waals surface area (Å²) < 4.78 is 5.63. The molecular weight excluding hydrogens is 276 g/mol. The normalized spacial score (nSPS) is 11.1. The number of phenols is 1. The van der Waals surface area contributed by atoms with E-state index in [-0.39, 0.29) is 11.2 Å². The van der Waals surface area contributed by atoms with Crippen molar-refractivity contribution in [1.29, 1.82) is 0 Å². The molecule has 0 saturated carbocycles. The number of phenolic OH excluding ortho intramolecular Hbond substituents is 1. The maximum atomic E-state index is 12.9. The Labute approximate surface area is 126 Å². The molecule has 3 heteroatoms. The van der Waals surface area contributed by atoms with Crippen LogP contribution in [0.3, 0.4) is 0 Å². The third-order valence-electron chi connectivity index (χ3n) is 3.86. The Balaban J connectivity index is 2.16. The van der Waals surface area contributed by atoms with Crippen molar-refractivity contribution in [1.82, 2.24) is 0 Å². The highest BCUT2D eigenvalue weighted by Gasteiger charge is 2.13. The van der Waals surface area contributed by atoms with E-state index in [1.165, 1.54) is 6.26 Å². The fourth-order valence-electron chi connectivity index (χ4n) is 2.78. The largest absolute Gasteiger partial charge is 0.507 e. The Morgan fingerprint density at radius 1 is 0.818 bits per heavy atom. The van der Waals surface area contributed by atoms with Crippen molar-refractivity contribution in [3.05, 3.63) is 77.2 Å². The highest BCUT2D eigenvalue weighted by atomic mass is 16.3. The van der Waals surface area contributed by atoms with Gasteiger partial charge in [0.15, 0.2) is 0 Å². The zero-order valence-corrected chi connectivity index (χ0v) is 11.6. The number of para-hydroxylation sites is 1. The van der Waals surface area contributed by atoms with Gasteiger partial charge in [0.25, 0.3) is 0 Å². The van der Waals surface area contributed by atoms with Crippen molar-refractivity contribution in [2.75, 3.05) is 0 Å². The van der Waals surface area contributed by atoms with Crippen molar-refractivity contribution in [3.8, 4) is 16.9 Å². The molecule has 4 aromatic rings.